The fourth-order valence-electron chi connectivity index (χ4n) is 3.47. The Morgan fingerprint density at radius 2 is 1.97 bits per heavy atom. The van der Waals surface area contributed by atoms with Crippen LogP contribution in [0.2, 0.25) is 5.02 Å². The van der Waals surface area contributed by atoms with Gasteiger partial charge in [0.1, 0.15) is 6.33 Å². The minimum Gasteiger partial charge on any atom is -0.370 e. The number of rotatable bonds is 7. The molecule has 0 bridgehead atoms. The van der Waals surface area contributed by atoms with E-state index in [0.717, 1.165) is 37.3 Å². The zero-order valence-electron chi connectivity index (χ0n) is 16.6. The molecular formula is C21H21ClN6O2S. The lowest BCUT2D eigenvalue weighted by atomic mass is 10.1. The van der Waals surface area contributed by atoms with Crippen LogP contribution in [0, 0.1) is 0 Å². The molecule has 1 fully saturated rings. The zero-order chi connectivity index (χ0) is 21.8. The molecule has 1 aromatic heterocycles. The molecule has 0 spiro atoms. The van der Waals surface area contributed by atoms with Crippen molar-refractivity contribution in [2.45, 2.75) is 18.0 Å². The molecule has 1 aliphatic heterocycles. The first-order valence-electron chi connectivity index (χ1n) is 9.78. The number of nitrogens with one attached hydrogen (secondary N) is 1. The molecular weight excluding hydrogens is 436 g/mol. The van der Waals surface area contributed by atoms with Crippen LogP contribution >= 0.6 is 23.4 Å². The Labute approximate surface area is 188 Å². The predicted octanol–water partition coefficient (Wildman–Crippen LogP) is 3.35. The molecule has 3 aromatic rings. The number of halogens is 1. The molecule has 10 heteroatoms. The van der Waals surface area contributed by atoms with Crippen LogP contribution in [0.3, 0.4) is 0 Å². The molecule has 2 aromatic carbocycles. The summed E-state index contributed by atoms with van der Waals surface area (Å²) in [5.74, 6) is -0.625. The SMILES string of the molecule is NC(=O)c1ccc(N2CCCC2)c(NC(=O)CSc2nncn2-c2cccc(Cl)c2)c1. The molecule has 2 amide bonds. The maximum absolute atomic E-state index is 12.7. The molecule has 0 unspecified atom stereocenters. The number of carbonyl (C=O) groups is 2. The topological polar surface area (TPSA) is 106 Å². The van der Waals surface area contributed by atoms with Crippen molar-refractivity contribution >= 4 is 46.6 Å². The lowest BCUT2D eigenvalue weighted by molar-refractivity contribution is -0.113. The van der Waals surface area contributed by atoms with Gasteiger partial charge in [-0.2, -0.15) is 0 Å². The molecule has 0 radical (unpaired) electrons. The van der Waals surface area contributed by atoms with Crippen molar-refractivity contribution in [1.29, 1.82) is 0 Å². The van der Waals surface area contributed by atoms with Gasteiger partial charge in [0.15, 0.2) is 5.16 Å². The first kappa shape index (κ1) is 21.2. The van der Waals surface area contributed by atoms with Crippen LogP contribution in [0.1, 0.15) is 23.2 Å². The van der Waals surface area contributed by atoms with Crippen LogP contribution in [0.25, 0.3) is 5.69 Å². The smallest absolute Gasteiger partial charge is 0.248 e. The Bertz CT molecular complexity index is 1110. The van der Waals surface area contributed by atoms with E-state index in [0.29, 0.717) is 21.4 Å². The summed E-state index contributed by atoms with van der Waals surface area (Å²) in [6.07, 6.45) is 3.77. The van der Waals surface area contributed by atoms with Crippen molar-refractivity contribution in [2.24, 2.45) is 5.73 Å². The Kier molecular flexibility index (Phi) is 6.43. The van der Waals surface area contributed by atoms with Gasteiger partial charge >= 0.3 is 0 Å². The average Bonchev–Trinajstić information content (AvgIpc) is 3.44. The Hall–Kier alpha value is -3.04. The second-order valence-electron chi connectivity index (χ2n) is 7.09. The van der Waals surface area contributed by atoms with E-state index in [1.165, 1.54) is 11.8 Å². The number of hydrogen-bond donors (Lipinski definition) is 2. The maximum atomic E-state index is 12.7. The van der Waals surface area contributed by atoms with E-state index in [9.17, 15) is 9.59 Å². The number of aromatic nitrogens is 3. The molecule has 3 N–H and O–H groups in total. The van der Waals surface area contributed by atoms with Crippen molar-refractivity contribution in [2.75, 3.05) is 29.1 Å². The van der Waals surface area contributed by atoms with Gasteiger partial charge in [0.05, 0.1) is 22.8 Å². The van der Waals surface area contributed by atoms with Gasteiger partial charge in [0, 0.05) is 23.7 Å². The second kappa shape index (κ2) is 9.40. The van der Waals surface area contributed by atoms with E-state index in [4.69, 9.17) is 17.3 Å². The minimum atomic E-state index is -0.535. The van der Waals surface area contributed by atoms with Crippen LogP contribution in [-0.2, 0) is 4.79 Å². The third-order valence-corrected chi connectivity index (χ3v) is 6.12. The van der Waals surface area contributed by atoms with Crippen LogP contribution in [0.4, 0.5) is 11.4 Å². The molecule has 1 saturated heterocycles. The molecule has 2 heterocycles. The number of anilines is 2. The molecule has 160 valence electrons. The summed E-state index contributed by atoms with van der Waals surface area (Å²) in [4.78, 5) is 26.5. The first-order chi connectivity index (χ1) is 15.0. The van der Waals surface area contributed by atoms with E-state index in [-0.39, 0.29) is 11.7 Å². The predicted molar refractivity (Wildman–Crippen MR) is 122 cm³/mol. The first-order valence-corrected chi connectivity index (χ1v) is 11.1. The van der Waals surface area contributed by atoms with Gasteiger partial charge in [0.25, 0.3) is 0 Å². The summed E-state index contributed by atoms with van der Waals surface area (Å²) >= 11 is 7.33. The quantitative estimate of drug-likeness (QED) is 0.528. The van der Waals surface area contributed by atoms with E-state index in [1.54, 1.807) is 35.2 Å². The van der Waals surface area contributed by atoms with E-state index >= 15 is 0 Å². The molecule has 0 saturated carbocycles. The van der Waals surface area contributed by atoms with Gasteiger partial charge < -0.3 is 16.0 Å². The van der Waals surface area contributed by atoms with Crippen molar-refractivity contribution < 1.29 is 9.59 Å². The molecule has 31 heavy (non-hydrogen) atoms. The van der Waals surface area contributed by atoms with Crippen LogP contribution in [0.15, 0.2) is 53.9 Å². The highest BCUT2D eigenvalue weighted by molar-refractivity contribution is 7.99. The number of benzene rings is 2. The number of nitrogens with zero attached hydrogens (tertiary/aromatic N) is 4. The number of hydrogen-bond acceptors (Lipinski definition) is 6. The van der Waals surface area contributed by atoms with Gasteiger partial charge in [-0.25, -0.2) is 0 Å². The van der Waals surface area contributed by atoms with E-state index < -0.39 is 5.91 Å². The Morgan fingerprint density at radius 1 is 1.16 bits per heavy atom. The lowest BCUT2D eigenvalue weighted by Crippen LogP contribution is -2.23. The Morgan fingerprint density at radius 3 is 2.71 bits per heavy atom. The highest BCUT2D eigenvalue weighted by Gasteiger charge is 2.19. The highest BCUT2D eigenvalue weighted by atomic mass is 35.5. The summed E-state index contributed by atoms with van der Waals surface area (Å²) < 4.78 is 1.77. The summed E-state index contributed by atoms with van der Waals surface area (Å²) in [6.45, 7) is 1.83. The zero-order valence-corrected chi connectivity index (χ0v) is 18.2. The molecule has 0 atom stereocenters. The Balaban J connectivity index is 1.48. The van der Waals surface area contributed by atoms with Gasteiger partial charge in [-0.15, -0.1) is 10.2 Å². The molecule has 4 rings (SSSR count). The monoisotopic (exact) mass is 456 g/mol. The number of amides is 2. The highest BCUT2D eigenvalue weighted by Crippen LogP contribution is 2.30. The van der Waals surface area contributed by atoms with Crippen molar-refractivity contribution in [1.82, 2.24) is 14.8 Å². The van der Waals surface area contributed by atoms with Gasteiger partial charge in [0.2, 0.25) is 11.8 Å². The summed E-state index contributed by atoms with van der Waals surface area (Å²) in [5.41, 5.74) is 8.07. The summed E-state index contributed by atoms with van der Waals surface area (Å²) in [6, 6.07) is 12.5. The van der Waals surface area contributed by atoms with Crippen LogP contribution in [0.5, 0.6) is 0 Å². The van der Waals surface area contributed by atoms with E-state index in [2.05, 4.69) is 20.4 Å². The molecule has 0 aliphatic carbocycles. The number of primary amides is 1. The van der Waals surface area contributed by atoms with Crippen molar-refractivity contribution in [3.8, 4) is 5.69 Å². The van der Waals surface area contributed by atoms with Gasteiger partial charge in [-0.3, -0.25) is 14.2 Å². The standard InChI is InChI=1S/C21H21ClN6O2S/c22-15-4-3-5-16(11-15)28-13-24-26-21(28)31-12-19(29)25-17-10-14(20(23)30)6-7-18(17)27-8-1-2-9-27/h3-7,10-11,13H,1-2,8-9,12H2,(H2,23,30)(H,25,29). The fraction of sp³-hybridized carbons (Fsp3) is 0.238. The van der Waals surface area contributed by atoms with Crippen molar-refractivity contribution in [3.05, 3.63) is 59.4 Å². The maximum Gasteiger partial charge on any atom is 0.248 e. The summed E-state index contributed by atoms with van der Waals surface area (Å²) in [5, 5.41) is 12.1. The van der Waals surface area contributed by atoms with E-state index in [1.807, 2.05) is 18.2 Å². The fourth-order valence-corrected chi connectivity index (χ4v) is 4.38. The minimum absolute atomic E-state index is 0.125. The largest absolute Gasteiger partial charge is 0.370 e. The van der Waals surface area contributed by atoms with Crippen LogP contribution in [-0.4, -0.2) is 45.4 Å². The van der Waals surface area contributed by atoms with Gasteiger partial charge in [-0.1, -0.05) is 29.4 Å². The lowest BCUT2D eigenvalue weighted by Gasteiger charge is -2.22. The number of carbonyl (C=O) groups excluding carboxylic acids is 2. The summed E-state index contributed by atoms with van der Waals surface area (Å²) in [7, 11) is 0. The van der Waals surface area contributed by atoms with Gasteiger partial charge in [-0.05, 0) is 49.2 Å². The van der Waals surface area contributed by atoms with Crippen molar-refractivity contribution in [3.63, 3.8) is 0 Å². The number of nitrogens with two attached hydrogens (primary N) is 1. The second-order valence-corrected chi connectivity index (χ2v) is 8.47. The average molecular weight is 457 g/mol. The molecule has 8 nitrogen and oxygen atoms in total. The van der Waals surface area contributed by atoms with Crippen LogP contribution < -0.4 is 16.0 Å². The number of thioether (sulfide) groups is 1. The third kappa shape index (κ3) is 5.00. The third-order valence-electron chi connectivity index (χ3n) is 4.94. The normalized spacial score (nSPS) is 13.4. The molecule has 1 aliphatic rings.